The Kier molecular flexibility index (Phi) is 1.91. The average molecular weight is 228 g/mol. The van der Waals surface area contributed by atoms with Crippen molar-refractivity contribution in [3.63, 3.8) is 0 Å². The highest BCUT2D eigenvalue weighted by Crippen LogP contribution is 2.18. The van der Waals surface area contributed by atoms with E-state index in [1.54, 1.807) is 15.4 Å². The quantitative estimate of drug-likeness (QED) is 0.677. The number of anilines is 1. The van der Waals surface area contributed by atoms with Gasteiger partial charge in [-0.3, -0.25) is 0 Å². The molecule has 3 aromatic rings. The third-order valence-corrected chi connectivity index (χ3v) is 2.81. The second-order valence-corrected chi connectivity index (χ2v) is 3.92. The van der Waals surface area contributed by atoms with Crippen LogP contribution in [0.15, 0.2) is 24.5 Å². The first-order valence-electron chi connectivity index (χ1n) is 5.29. The Morgan fingerprint density at radius 3 is 2.76 bits per heavy atom. The van der Waals surface area contributed by atoms with Gasteiger partial charge < -0.3 is 5.73 Å². The largest absolute Gasteiger partial charge is 0.396 e. The van der Waals surface area contributed by atoms with Crippen LogP contribution in [0.2, 0.25) is 0 Å². The fourth-order valence-electron chi connectivity index (χ4n) is 1.80. The van der Waals surface area contributed by atoms with E-state index < -0.39 is 0 Å². The van der Waals surface area contributed by atoms with Gasteiger partial charge in [0, 0.05) is 18.3 Å². The van der Waals surface area contributed by atoms with Crippen molar-refractivity contribution in [1.29, 1.82) is 0 Å². The highest BCUT2D eigenvalue weighted by atomic mass is 15.3. The summed E-state index contributed by atoms with van der Waals surface area (Å²) in [6, 6.07) is 3.71. The van der Waals surface area contributed by atoms with Gasteiger partial charge in [-0.05, 0) is 13.8 Å². The summed E-state index contributed by atoms with van der Waals surface area (Å²) in [6.07, 6.45) is 3.56. The summed E-state index contributed by atoms with van der Waals surface area (Å²) < 4.78 is 3.45. The van der Waals surface area contributed by atoms with Crippen LogP contribution in [-0.4, -0.2) is 24.4 Å². The van der Waals surface area contributed by atoms with Gasteiger partial charge in [0.15, 0.2) is 11.5 Å². The zero-order valence-electron chi connectivity index (χ0n) is 9.62. The highest BCUT2D eigenvalue weighted by Gasteiger charge is 2.11. The first-order valence-corrected chi connectivity index (χ1v) is 5.29. The lowest BCUT2D eigenvalue weighted by atomic mass is 10.3. The molecule has 0 saturated heterocycles. The van der Waals surface area contributed by atoms with E-state index in [0.717, 1.165) is 22.9 Å². The van der Waals surface area contributed by atoms with Crippen LogP contribution in [0.25, 0.3) is 11.5 Å². The van der Waals surface area contributed by atoms with Crippen molar-refractivity contribution in [2.24, 2.45) is 0 Å². The Bertz CT molecular complexity index is 693. The minimum atomic E-state index is 0.709. The molecule has 0 saturated carbocycles. The van der Waals surface area contributed by atoms with Crippen LogP contribution in [-0.2, 0) is 0 Å². The van der Waals surface area contributed by atoms with Crippen molar-refractivity contribution in [1.82, 2.24) is 24.4 Å². The first-order chi connectivity index (χ1) is 8.16. The number of nitrogens with zero attached hydrogens (tertiary/aromatic N) is 5. The van der Waals surface area contributed by atoms with Gasteiger partial charge in [0.25, 0.3) is 0 Å². The minimum Gasteiger partial charge on any atom is -0.396 e. The van der Waals surface area contributed by atoms with Crippen LogP contribution >= 0.6 is 0 Å². The molecule has 0 aliphatic heterocycles. The maximum absolute atomic E-state index is 5.90. The van der Waals surface area contributed by atoms with Gasteiger partial charge >= 0.3 is 0 Å². The second kappa shape index (κ2) is 3.31. The van der Waals surface area contributed by atoms with Crippen molar-refractivity contribution in [2.75, 3.05) is 5.73 Å². The number of hydrogen-bond acceptors (Lipinski definition) is 4. The molecule has 0 bridgehead atoms. The van der Waals surface area contributed by atoms with Crippen molar-refractivity contribution in [3.8, 4) is 5.82 Å². The standard InChI is InChI=1S/C11H12N6/c1-7-11(12)8(2)17(15-7)10-4-6-16-9(14-10)3-5-13-16/h3-6H,12H2,1-2H3. The number of aromatic nitrogens is 5. The Labute approximate surface area is 97.7 Å². The molecule has 0 spiro atoms. The zero-order chi connectivity index (χ0) is 12.0. The highest BCUT2D eigenvalue weighted by molar-refractivity contribution is 5.50. The summed E-state index contributed by atoms with van der Waals surface area (Å²) >= 11 is 0. The topological polar surface area (TPSA) is 74.0 Å². The summed E-state index contributed by atoms with van der Waals surface area (Å²) in [5, 5.41) is 8.47. The number of nitrogens with two attached hydrogens (primary N) is 1. The van der Waals surface area contributed by atoms with E-state index in [9.17, 15) is 0 Å². The lowest BCUT2D eigenvalue weighted by Crippen LogP contribution is -2.04. The molecule has 0 fully saturated rings. The maximum atomic E-state index is 5.90. The van der Waals surface area contributed by atoms with Crippen LogP contribution in [0.1, 0.15) is 11.4 Å². The molecule has 86 valence electrons. The molecule has 0 aliphatic rings. The summed E-state index contributed by atoms with van der Waals surface area (Å²) in [5.41, 5.74) is 9.12. The van der Waals surface area contributed by atoms with Crippen LogP contribution in [0.4, 0.5) is 5.69 Å². The Balaban J connectivity index is 2.22. The molecular weight excluding hydrogens is 216 g/mol. The molecule has 2 N–H and O–H groups in total. The lowest BCUT2D eigenvalue weighted by Gasteiger charge is -2.03. The summed E-state index contributed by atoms with van der Waals surface area (Å²) in [4.78, 5) is 4.47. The number of fused-ring (bicyclic) bond motifs is 1. The van der Waals surface area contributed by atoms with Gasteiger partial charge in [-0.25, -0.2) is 14.2 Å². The van der Waals surface area contributed by atoms with E-state index in [0.29, 0.717) is 5.69 Å². The maximum Gasteiger partial charge on any atom is 0.157 e. The zero-order valence-corrected chi connectivity index (χ0v) is 9.62. The van der Waals surface area contributed by atoms with Crippen molar-refractivity contribution in [2.45, 2.75) is 13.8 Å². The SMILES string of the molecule is Cc1nn(-c2ccn3nccc3n2)c(C)c1N. The first kappa shape index (κ1) is 9.83. The number of hydrogen-bond donors (Lipinski definition) is 1. The van der Waals surface area contributed by atoms with Crippen LogP contribution < -0.4 is 5.73 Å². The fraction of sp³-hybridized carbons (Fsp3) is 0.182. The van der Waals surface area contributed by atoms with Gasteiger partial charge in [0.1, 0.15) is 0 Å². The number of rotatable bonds is 1. The normalized spacial score (nSPS) is 11.2. The summed E-state index contributed by atoms with van der Waals surface area (Å²) in [6.45, 7) is 3.81. The van der Waals surface area contributed by atoms with Gasteiger partial charge in [0.05, 0.1) is 23.3 Å². The predicted molar refractivity (Wildman–Crippen MR) is 64.0 cm³/mol. The molecular formula is C11H12N6. The molecule has 6 nitrogen and oxygen atoms in total. The molecule has 0 radical (unpaired) electrons. The van der Waals surface area contributed by atoms with E-state index in [2.05, 4.69) is 15.2 Å². The summed E-state index contributed by atoms with van der Waals surface area (Å²) in [7, 11) is 0. The van der Waals surface area contributed by atoms with Crippen LogP contribution in [0.5, 0.6) is 0 Å². The third-order valence-electron chi connectivity index (χ3n) is 2.81. The third kappa shape index (κ3) is 1.37. The molecule has 3 heterocycles. The van der Waals surface area contributed by atoms with Crippen LogP contribution in [0.3, 0.4) is 0 Å². The van der Waals surface area contributed by atoms with Crippen molar-refractivity contribution >= 4 is 11.3 Å². The summed E-state index contributed by atoms with van der Waals surface area (Å²) in [5.74, 6) is 0.746. The molecule has 0 aromatic carbocycles. The van der Waals surface area contributed by atoms with Gasteiger partial charge in [-0.1, -0.05) is 0 Å². The second-order valence-electron chi connectivity index (χ2n) is 3.92. The van der Waals surface area contributed by atoms with E-state index >= 15 is 0 Å². The Morgan fingerprint density at radius 2 is 2.06 bits per heavy atom. The molecule has 3 aromatic heterocycles. The average Bonchev–Trinajstić information content (AvgIpc) is 2.89. The van der Waals surface area contributed by atoms with Crippen molar-refractivity contribution < 1.29 is 0 Å². The monoisotopic (exact) mass is 228 g/mol. The molecule has 0 unspecified atom stereocenters. The molecule has 3 rings (SSSR count). The molecule has 17 heavy (non-hydrogen) atoms. The smallest absolute Gasteiger partial charge is 0.157 e. The predicted octanol–water partition coefficient (Wildman–Crippen LogP) is 1.11. The van der Waals surface area contributed by atoms with Gasteiger partial charge in [-0.15, -0.1) is 0 Å². The van der Waals surface area contributed by atoms with Gasteiger partial charge in [-0.2, -0.15) is 10.2 Å². The Hall–Kier alpha value is -2.37. The molecule has 0 aliphatic carbocycles. The number of nitrogen functional groups attached to an aromatic ring is 1. The fourth-order valence-corrected chi connectivity index (χ4v) is 1.80. The molecule has 0 amide bonds. The number of aryl methyl sites for hydroxylation is 1. The van der Waals surface area contributed by atoms with E-state index in [1.807, 2.05) is 32.2 Å². The minimum absolute atomic E-state index is 0.709. The molecule has 0 atom stereocenters. The van der Waals surface area contributed by atoms with Crippen molar-refractivity contribution in [3.05, 3.63) is 35.9 Å². The lowest BCUT2D eigenvalue weighted by molar-refractivity contribution is 0.798. The molecule has 6 heteroatoms. The van der Waals surface area contributed by atoms with E-state index in [1.165, 1.54) is 0 Å². The van der Waals surface area contributed by atoms with Gasteiger partial charge in [0.2, 0.25) is 0 Å². The van der Waals surface area contributed by atoms with Crippen LogP contribution in [0, 0.1) is 13.8 Å². The van der Waals surface area contributed by atoms with E-state index in [4.69, 9.17) is 5.73 Å². The Morgan fingerprint density at radius 1 is 1.24 bits per heavy atom. The van der Waals surface area contributed by atoms with E-state index in [-0.39, 0.29) is 0 Å².